The maximum Gasteiger partial charge on any atom is 0.415 e. The molecule has 0 aliphatic carbocycles. The van der Waals surface area contributed by atoms with Gasteiger partial charge < -0.3 is 20.1 Å². The Morgan fingerprint density at radius 2 is 1.68 bits per heavy atom. The summed E-state index contributed by atoms with van der Waals surface area (Å²) in [5.41, 5.74) is 5.94. The molecule has 1 aromatic carbocycles. The first kappa shape index (κ1) is 24.0. The van der Waals surface area contributed by atoms with Gasteiger partial charge in [0.1, 0.15) is 17.2 Å². The van der Waals surface area contributed by atoms with E-state index in [4.69, 9.17) is 15.2 Å². The van der Waals surface area contributed by atoms with E-state index in [1.165, 1.54) is 0 Å². The summed E-state index contributed by atoms with van der Waals surface area (Å²) in [5, 5.41) is 2.63. The van der Waals surface area contributed by atoms with Gasteiger partial charge in [-0.3, -0.25) is 5.32 Å². The van der Waals surface area contributed by atoms with Crippen LogP contribution in [0.15, 0.2) is 42.5 Å². The van der Waals surface area contributed by atoms with Crippen molar-refractivity contribution in [2.24, 2.45) is 0 Å². The number of anilines is 2. The molecular weight excluding hydrogens is 396 g/mol. The molecule has 0 bridgehead atoms. The number of nitrogens with one attached hydrogen (secondary N) is 1. The van der Waals surface area contributed by atoms with Gasteiger partial charge in [0.25, 0.3) is 0 Å². The number of amides is 2. The lowest BCUT2D eigenvalue weighted by molar-refractivity contribution is 0.0635. The quantitative estimate of drug-likeness (QED) is 0.659. The molecule has 0 atom stereocenters. The molecule has 0 radical (unpaired) electrons. The molecule has 168 valence electrons. The minimum Gasteiger partial charge on any atom is -0.444 e. The van der Waals surface area contributed by atoms with Crippen LogP contribution in [0.5, 0.6) is 5.75 Å². The summed E-state index contributed by atoms with van der Waals surface area (Å²) in [5.74, 6) is 0.814. The molecule has 0 saturated heterocycles. The summed E-state index contributed by atoms with van der Waals surface area (Å²) in [7, 11) is 0. The molecule has 0 spiro atoms. The van der Waals surface area contributed by atoms with Crippen molar-refractivity contribution in [3.63, 3.8) is 0 Å². The zero-order valence-corrected chi connectivity index (χ0v) is 19.1. The van der Waals surface area contributed by atoms with E-state index in [0.717, 1.165) is 5.69 Å². The summed E-state index contributed by atoms with van der Waals surface area (Å²) < 4.78 is 10.8. The Labute approximate surface area is 183 Å². The molecule has 3 N–H and O–H groups in total. The Morgan fingerprint density at radius 3 is 2.26 bits per heavy atom. The minimum atomic E-state index is -0.597. The summed E-state index contributed by atoms with van der Waals surface area (Å²) in [4.78, 5) is 30.8. The standard InChI is InChI=1S/C23H32N4O4/c1-22(2,3)27(21(29)30-18-12-10-16(24)11-13-18)15-14-17-8-7-9-19(25-17)26-20(28)31-23(4,5)6/h7-13H,14-15,24H2,1-6H3,(H,25,26,28). The van der Waals surface area contributed by atoms with Crippen molar-refractivity contribution in [1.29, 1.82) is 0 Å². The van der Waals surface area contributed by atoms with Gasteiger partial charge in [-0.1, -0.05) is 6.07 Å². The number of nitrogens with two attached hydrogens (primary N) is 1. The zero-order chi connectivity index (χ0) is 23.2. The van der Waals surface area contributed by atoms with Crippen molar-refractivity contribution in [2.75, 3.05) is 17.6 Å². The number of hydrogen-bond donors (Lipinski definition) is 2. The van der Waals surface area contributed by atoms with Gasteiger partial charge in [0.15, 0.2) is 0 Å². The second-order valence-electron chi connectivity index (χ2n) is 9.15. The Bertz CT molecular complexity index is 899. The maximum absolute atomic E-state index is 12.8. The molecule has 0 fully saturated rings. The van der Waals surface area contributed by atoms with Crippen LogP contribution in [0.25, 0.3) is 0 Å². The molecule has 8 heteroatoms. The number of carbonyl (C=O) groups excluding carboxylic acids is 2. The van der Waals surface area contributed by atoms with Crippen molar-refractivity contribution in [2.45, 2.75) is 59.1 Å². The summed E-state index contributed by atoms with van der Waals surface area (Å²) in [6, 6.07) is 12.0. The van der Waals surface area contributed by atoms with Crippen LogP contribution in [0.2, 0.25) is 0 Å². The number of carbonyl (C=O) groups is 2. The fourth-order valence-electron chi connectivity index (χ4n) is 2.72. The average molecular weight is 429 g/mol. The van der Waals surface area contributed by atoms with Crippen molar-refractivity contribution >= 4 is 23.7 Å². The molecular formula is C23H32N4O4. The lowest BCUT2D eigenvalue weighted by Crippen LogP contribution is -2.48. The lowest BCUT2D eigenvalue weighted by atomic mass is 10.1. The van der Waals surface area contributed by atoms with E-state index in [2.05, 4.69) is 10.3 Å². The number of ether oxygens (including phenoxy) is 2. The first-order chi connectivity index (χ1) is 14.3. The van der Waals surface area contributed by atoms with E-state index in [-0.39, 0.29) is 0 Å². The summed E-state index contributed by atoms with van der Waals surface area (Å²) in [6.45, 7) is 11.6. The van der Waals surface area contributed by atoms with Gasteiger partial charge in [-0.05, 0) is 77.9 Å². The van der Waals surface area contributed by atoms with Gasteiger partial charge in [-0.25, -0.2) is 14.6 Å². The highest BCUT2D eigenvalue weighted by atomic mass is 16.6. The van der Waals surface area contributed by atoms with E-state index in [0.29, 0.717) is 30.2 Å². The normalized spacial score (nSPS) is 11.5. The van der Waals surface area contributed by atoms with E-state index in [1.54, 1.807) is 62.1 Å². The molecule has 8 nitrogen and oxygen atoms in total. The highest BCUT2D eigenvalue weighted by Crippen LogP contribution is 2.20. The molecule has 2 aromatic rings. The highest BCUT2D eigenvalue weighted by Gasteiger charge is 2.28. The number of hydrogen-bond acceptors (Lipinski definition) is 6. The molecule has 2 rings (SSSR count). The van der Waals surface area contributed by atoms with E-state index < -0.39 is 23.3 Å². The third kappa shape index (κ3) is 8.16. The van der Waals surface area contributed by atoms with Crippen LogP contribution in [0, 0.1) is 0 Å². The molecule has 0 aliphatic heterocycles. The van der Waals surface area contributed by atoms with Crippen LogP contribution in [0.3, 0.4) is 0 Å². The molecule has 0 saturated carbocycles. The SMILES string of the molecule is CC(C)(C)OC(=O)Nc1cccc(CCN(C(=O)Oc2ccc(N)cc2)C(C)(C)C)n1. The second-order valence-corrected chi connectivity index (χ2v) is 9.15. The van der Waals surface area contributed by atoms with E-state index in [9.17, 15) is 9.59 Å². The zero-order valence-electron chi connectivity index (χ0n) is 19.1. The van der Waals surface area contributed by atoms with Crippen molar-refractivity contribution < 1.29 is 19.1 Å². The smallest absolute Gasteiger partial charge is 0.415 e. The summed E-state index contributed by atoms with van der Waals surface area (Å²) in [6.07, 6.45) is -0.543. The van der Waals surface area contributed by atoms with Gasteiger partial charge in [-0.2, -0.15) is 0 Å². The number of nitrogens with zero attached hydrogens (tertiary/aromatic N) is 2. The van der Waals surface area contributed by atoms with Gasteiger partial charge in [0.2, 0.25) is 0 Å². The predicted octanol–water partition coefficient (Wildman–Crippen LogP) is 4.85. The van der Waals surface area contributed by atoms with Gasteiger partial charge >= 0.3 is 12.2 Å². The Kier molecular flexibility index (Phi) is 7.49. The van der Waals surface area contributed by atoms with Crippen LogP contribution in [0.1, 0.15) is 47.2 Å². The van der Waals surface area contributed by atoms with Crippen LogP contribution in [0.4, 0.5) is 21.1 Å². The van der Waals surface area contributed by atoms with Crippen LogP contribution >= 0.6 is 0 Å². The number of nitrogen functional groups attached to an aromatic ring is 1. The predicted molar refractivity (Wildman–Crippen MR) is 121 cm³/mol. The Hall–Kier alpha value is -3.29. The van der Waals surface area contributed by atoms with Crippen molar-refractivity contribution in [3.05, 3.63) is 48.2 Å². The molecule has 0 aliphatic rings. The van der Waals surface area contributed by atoms with Gasteiger partial charge in [0.05, 0.1) is 0 Å². The lowest BCUT2D eigenvalue weighted by Gasteiger charge is -2.34. The largest absolute Gasteiger partial charge is 0.444 e. The van der Waals surface area contributed by atoms with Crippen LogP contribution < -0.4 is 15.8 Å². The average Bonchev–Trinajstić information content (AvgIpc) is 2.61. The molecule has 1 heterocycles. The second kappa shape index (κ2) is 9.68. The molecule has 2 amide bonds. The third-order valence-corrected chi connectivity index (χ3v) is 4.14. The monoisotopic (exact) mass is 428 g/mol. The van der Waals surface area contributed by atoms with E-state index in [1.807, 2.05) is 26.8 Å². The van der Waals surface area contributed by atoms with Crippen LogP contribution in [-0.2, 0) is 11.2 Å². The number of benzene rings is 1. The number of rotatable bonds is 5. The highest BCUT2D eigenvalue weighted by molar-refractivity contribution is 5.83. The Morgan fingerprint density at radius 1 is 1.03 bits per heavy atom. The topological polar surface area (TPSA) is 107 Å². The fourth-order valence-corrected chi connectivity index (χ4v) is 2.72. The maximum atomic E-state index is 12.8. The number of pyridine rings is 1. The van der Waals surface area contributed by atoms with Crippen LogP contribution in [-0.4, -0.2) is 39.8 Å². The molecule has 0 unspecified atom stereocenters. The minimum absolute atomic E-state index is 0.388. The molecule has 1 aromatic heterocycles. The molecule has 31 heavy (non-hydrogen) atoms. The Balaban J connectivity index is 2.04. The first-order valence-corrected chi connectivity index (χ1v) is 10.1. The van der Waals surface area contributed by atoms with E-state index >= 15 is 0 Å². The van der Waals surface area contributed by atoms with Gasteiger partial charge in [-0.15, -0.1) is 0 Å². The first-order valence-electron chi connectivity index (χ1n) is 10.1. The number of aromatic nitrogens is 1. The third-order valence-electron chi connectivity index (χ3n) is 4.14. The van der Waals surface area contributed by atoms with Gasteiger partial charge in [0, 0.05) is 29.9 Å². The summed E-state index contributed by atoms with van der Waals surface area (Å²) >= 11 is 0. The van der Waals surface area contributed by atoms with Crippen molar-refractivity contribution in [3.8, 4) is 5.75 Å². The fraction of sp³-hybridized carbons (Fsp3) is 0.435. The van der Waals surface area contributed by atoms with Crippen molar-refractivity contribution in [1.82, 2.24) is 9.88 Å².